The van der Waals surface area contributed by atoms with Gasteiger partial charge in [0.05, 0.1) is 0 Å². The van der Waals surface area contributed by atoms with Crippen molar-refractivity contribution < 1.29 is 4.79 Å². The van der Waals surface area contributed by atoms with Crippen LogP contribution >= 0.6 is 11.8 Å². The summed E-state index contributed by atoms with van der Waals surface area (Å²) in [5.74, 6) is 2.08. The number of hydrogen-bond acceptors (Lipinski definition) is 3. The van der Waals surface area contributed by atoms with E-state index in [0.29, 0.717) is 13.0 Å². The Morgan fingerprint density at radius 1 is 1.24 bits per heavy atom. The van der Waals surface area contributed by atoms with Crippen molar-refractivity contribution in [2.75, 3.05) is 31.6 Å². The average molecular weight is 317 g/mol. The summed E-state index contributed by atoms with van der Waals surface area (Å²) in [7, 11) is 0. The second-order valence-electron chi connectivity index (χ2n) is 5.01. The second kappa shape index (κ2) is 14.0. The van der Waals surface area contributed by atoms with Crippen LogP contribution in [0.2, 0.25) is 0 Å². The zero-order valence-corrected chi connectivity index (χ0v) is 14.8. The number of carbonyl (C=O) groups is 1. The quantitative estimate of drug-likeness (QED) is 0.310. The van der Waals surface area contributed by atoms with Crippen LogP contribution in [0.25, 0.3) is 0 Å². The van der Waals surface area contributed by atoms with E-state index in [1.807, 2.05) is 25.6 Å². The molecule has 0 aromatic carbocycles. The first kappa shape index (κ1) is 20.1. The molecule has 0 fully saturated rings. The number of hydrogen-bond donors (Lipinski definition) is 3. The van der Waals surface area contributed by atoms with Crippen molar-refractivity contribution in [3.8, 4) is 0 Å². The largest absolute Gasteiger partial charge is 0.357 e. The third-order valence-electron chi connectivity index (χ3n) is 3.03. The molecule has 0 bridgehead atoms. The highest BCUT2D eigenvalue weighted by Gasteiger charge is 2.05. The molecule has 1 amide bonds. The summed E-state index contributed by atoms with van der Waals surface area (Å²) < 4.78 is 0. The number of amides is 1. The van der Waals surface area contributed by atoms with Crippen LogP contribution in [-0.2, 0) is 4.79 Å². The standard InChI is InChI=1S/C15H32N4OS/c1-5-13(3)19-14(20)9-11-18-15(16-6-2)17-10-7-8-12-21-4/h13H,5-12H2,1-4H3,(H,19,20)(H2,16,17,18). The van der Waals surface area contributed by atoms with Crippen molar-refractivity contribution in [3.05, 3.63) is 0 Å². The zero-order chi connectivity index (χ0) is 15.9. The average Bonchev–Trinajstić information content (AvgIpc) is 2.46. The summed E-state index contributed by atoms with van der Waals surface area (Å²) in [4.78, 5) is 16.2. The van der Waals surface area contributed by atoms with Gasteiger partial charge in [-0.3, -0.25) is 9.79 Å². The fourth-order valence-electron chi connectivity index (χ4n) is 1.63. The van der Waals surface area contributed by atoms with Gasteiger partial charge >= 0.3 is 0 Å². The molecule has 3 N–H and O–H groups in total. The minimum atomic E-state index is 0.0904. The maximum absolute atomic E-state index is 11.7. The lowest BCUT2D eigenvalue weighted by atomic mass is 10.2. The number of thioether (sulfide) groups is 1. The van der Waals surface area contributed by atoms with Crippen molar-refractivity contribution in [1.82, 2.24) is 16.0 Å². The predicted octanol–water partition coefficient (Wildman–Crippen LogP) is 1.99. The number of nitrogens with zero attached hydrogens (tertiary/aromatic N) is 1. The zero-order valence-electron chi connectivity index (χ0n) is 14.0. The van der Waals surface area contributed by atoms with E-state index in [9.17, 15) is 4.79 Å². The van der Waals surface area contributed by atoms with Gasteiger partial charge in [0.1, 0.15) is 0 Å². The molecule has 0 saturated heterocycles. The van der Waals surface area contributed by atoms with E-state index in [1.165, 1.54) is 12.2 Å². The second-order valence-corrected chi connectivity index (χ2v) is 6.00. The molecule has 0 aromatic rings. The molecule has 0 saturated carbocycles. The van der Waals surface area contributed by atoms with Gasteiger partial charge in [-0.15, -0.1) is 0 Å². The van der Waals surface area contributed by atoms with E-state index in [-0.39, 0.29) is 11.9 Å². The Hall–Kier alpha value is -0.910. The molecular weight excluding hydrogens is 284 g/mol. The van der Waals surface area contributed by atoms with Gasteiger partial charge in [0, 0.05) is 32.1 Å². The van der Waals surface area contributed by atoms with Gasteiger partial charge in [-0.25, -0.2) is 0 Å². The SMILES string of the molecule is CCNC(=NCCCCSC)NCCC(=O)NC(C)CC. The predicted molar refractivity (Wildman–Crippen MR) is 94.1 cm³/mol. The molecule has 124 valence electrons. The van der Waals surface area contributed by atoms with Crippen molar-refractivity contribution in [2.24, 2.45) is 4.99 Å². The van der Waals surface area contributed by atoms with E-state index in [2.05, 4.69) is 34.1 Å². The molecule has 6 heteroatoms. The Bertz CT molecular complexity index is 297. The van der Waals surface area contributed by atoms with Gasteiger partial charge in [-0.1, -0.05) is 6.92 Å². The molecule has 5 nitrogen and oxygen atoms in total. The lowest BCUT2D eigenvalue weighted by Crippen LogP contribution is -2.40. The fraction of sp³-hybridized carbons (Fsp3) is 0.867. The van der Waals surface area contributed by atoms with E-state index >= 15 is 0 Å². The van der Waals surface area contributed by atoms with Gasteiger partial charge in [-0.05, 0) is 45.1 Å². The van der Waals surface area contributed by atoms with E-state index in [0.717, 1.165) is 31.9 Å². The maximum Gasteiger partial charge on any atom is 0.221 e. The molecular formula is C15H32N4OS. The van der Waals surface area contributed by atoms with Crippen LogP contribution in [0.15, 0.2) is 4.99 Å². The summed E-state index contributed by atoms with van der Waals surface area (Å²) >= 11 is 1.87. The van der Waals surface area contributed by atoms with Gasteiger partial charge < -0.3 is 16.0 Å². The summed E-state index contributed by atoms with van der Waals surface area (Å²) in [6, 6.07) is 0.246. The molecule has 0 aliphatic carbocycles. The summed E-state index contributed by atoms with van der Waals surface area (Å²) in [6.45, 7) is 8.39. The first-order chi connectivity index (χ1) is 10.1. The number of nitrogens with one attached hydrogen (secondary N) is 3. The van der Waals surface area contributed by atoms with Crippen LogP contribution in [0, 0.1) is 0 Å². The smallest absolute Gasteiger partial charge is 0.221 e. The third kappa shape index (κ3) is 12.5. The van der Waals surface area contributed by atoms with Gasteiger partial charge in [0.25, 0.3) is 0 Å². The van der Waals surface area contributed by atoms with E-state index < -0.39 is 0 Å². The van der Waals surface area contributed by atoms with Crippen molar-refractivity contribution in [2.45, 2.75) is 52.5 Å². The van der Waals surface area contributed by atoms with Crippen LogP contribution in [0.5, 0.6) is 0 Å². The number of aliphatic imine (C=N–C) groups is 1. The number of carbonyl (C=O) groups excluding carboxylic acids is 1. The Balaban J connectivity index is 3.92. The molecule has 1 atom stereocenters. The maximum atomic E-state index is 11.7. The van der Waals surface area contributed by atoms with Crippen LogP contribution < -0.4 is 16.0 Å². The fourth-order valence-corrected chi connectivity index (χ4v) is 2.13. The molecule has 0 aliphatic rings. The highest BCUT2D eigenvalue weighted by molar-refractivity contribution is 7.98. The molecule has 0 aromatic heterocycles. The van der Waals surface area contributed by atoms with Crippen molar-refractivity contribution >= 4 is 23.6 Å². The highest BCUT2D eigenvalue weighted by atomic mass is 32.2. The Labute approximate surface area is 134 Å². The summed E-state index contributed by atoms with van der Waals surface area (Å²) in [5, 5.41) is 9.37. The first-order valence-corrected chi connectivity index (χ1v) is 9.33. The molecule has 0 rings (SSSR count). The van der Waals surface area contributed by atoms with Crippen LogP contribution in [0.1, 0.15) is 46.5 Å². The minimum absolute atomic E-state index is 0.0904. The molecule has 1 unspecified atom stereocenters. The summed E-state index contributed by atoms with van der Waals surface area (Å²) in [6.07, 6.45) is 5.85. The highest BCUT2D eigenvalue weighted by Crippen LogP contribution is 1.99. The number of guanidine groups is 1. The minimum Gasteiger partial charge on any atom is -0.357 e. The molecule has 0 aliphatic heterocycles. The lowest BCUT2D eigenvalue weighted by Gasteiger charge is -2.13. The first-order valence-electron chi connectivity index (χ1n) is 7.94. The van der Waals surface area contributed by atoms with Gasteiger partial charge in [0.2, 0.25) is 5.91 Å². The molecule has 0 heterocycles. The number of rotatable bonds is 11. The van der Waals surface area contributed by atoms with Crippen molar-refractivity contribution in [1.29, 1.82) is 0 Å². The monoisotopic (exact) mass is 316 g/mol. The lowest BCUT2D eigenvalue weighted by molar-refractivity contribution is -0.121. The Morgan fingerprint density at radius 2 is 2.00 bits per heavy atom. The van der Waals surface area contributed by atoms with Gasteiger partial charge in [-0.2, -0.15) is 11.8 Å². The number of unbranched alkanes of at least 4 members (excludes halogenated alkanes) is 1. The van der Waals surface area contributed by atoms with Crippen LogP contribution in [0.3, 0.4) is 0 Å². The molecule has 0 radical (unpaired) electrons. The Kier molecular flexibility index (Phi) is 13.4. The van der Waals surface area contributed by atoms with Crippen LogP contribution in [-0.4, -0.2) is 49.6 Å². The summed E-state index contributed by atoms with van der Waals surface area (Å²) in [5.41, 5.74) is 0. The van der Waals surface area contributed by atoms with E-state index in [4.69, 9.17) is 0 Å². The van der Waals surface area contributed by atoms with Gasteiger partial charge in [0.15, 0.2) is 5.96 Å². The Morgan fingerprint density at radius 3 is 2.62 bits per heavy atom. The van der Waals surface area contributed by atoms with Crippen molar-refractivity contribution in [3.63, 3.8) is 0 Å². The van der Waals surface area contributed by atoms with E-state index in [1.54, 1.807) is 0 Å². The molecule has 21 heavy (non-hydrogen) atoms. The topological polar surface area (TPSA) is 65.5 Å². The third-order valence-corrected chi connectivity index (χ3v) is 3.73. The van der Waals surface area contributed by atoms with Crippen LogP contribution in [0.4, 0.5) is 0 Å². The normalized spacial score (nSPS) is 12.9. The molecule has 0 spiro atoms.